The first-order chi connectivity index (χ1) is 8.70. The van der Waals surface area contributed by atoms with Gasteiger partial charge in [-0.15, -0.1) is 0 Å². The van der Waals surface area contributed by atoms with Crippen LogP contribution in [0.4, 0.5) is 0 Å². The minimum Gasteiger partial charge on any atom is -0.354 e. The Morgan fingerprint density at radius 1 is 1.44 bits per heavy atom. The lowest BCUT2D eigenvalue weighted by molar-refractivity contribution is -0.128. The van der Waals surface area contributed by atoms with E-state index in [1.807, 2.05) is 36.0 Å². The molecule has 98 valence electrons. The number of nitrogens with one attached hydrogen (secondary N) is 1. The lowest BCUT2D eigenvalue weighted by Crippen LogP contribution is -2.34. The molecule has 0 unspecified atom stereocenters. The van der Waals surface area contributed by atoms with Gasteiger partial charge >= 0.3 is 0 Å². The molecule has 1 aliphatic heterocycles. The quantitative estimate of drug-likeness (QED) is 0.825. The first kappa shape index (κ1) is 12.7. The van der Waals surface area contributed by atoms with E-state index in [2.05, 4.69) is 5.32 Å². The Morgan fingerprint density at radius 2 is 2.17 bits per heavy atom. The van der Waals surface area contributed by atoms with E-state index in [1.54, 1.807) is 4.90 Å². The second-order valence-electron chi connectivity index (χ2n) is 4.55. The molecule has 1 aromatic heterocycles. The van der Waals surface area contributed by atoms with Gasteiger partial charge in [0.05, 0.1) is 5.92 Å². The second kappa shape index (κ2) is 5.71. The lowest BCUT2D eigenvalue weighted by atomic mass is 10.1. The van der Waals surface area contributed by atoms with Gasteiger partial charge in [0.1, 0.15) is 0 Å². The van der Waals surface area contributed by atoms with Gasteiger partial charge in [0, 0.05) is 45.0 Å². The molecule has 2 amide bonds. The smallest absolute Gasteiger partial charge is 0.225 e. The zero-order valence-electron chi connectivity index (χ0n) is 10.6. The van der Waals surface area contributed by atoms with Crippen LogP contribution in [-0.4, -0.2) is 40.9 Å². The van der Waals surface area contributed by atoms with Crippen LogP contribution in [0, 0.1) is 5.92 Å². The van der Waals surface area contributed by atoms with E-state index in [0.717, 1.165) is 6.54 Å². The maximum absolute atomic E-state index is 11.9. The zero-order valence-corrected chi connectivity index (χ0v) is 10.6. The third-order valence-electron chi connectivity index (χ3n) is 3.30. The van der Waals surface area contributed by atoms with Crippen molar-refractivity contribution in [1.82, 2.24) is 14.8 Å². The third kappa shape index (κ3) is 2.91. The number of likely N-dealkylation sites (tertiary alicyclic amines) is 1. The Balaban J connectivity index is 1.74. The number of nitrogens with zero attached hydrogens (tertiary/aromatic N) is 2. The molecule has 2 heterocycles. The van der Waals surface area contributed by atoms with Crippen LogP contribution in [0.25, 0.3) is 0 Å². The van der Waals surface area contributed by atoms with Crippen LogP contribution >= 0.6 is 0 Å². The topological polar surface area (TPSA) is 54.3 Å². The number of rotatable bonds is 5. The predicted octanol–water partition coefficient (Wildman–Crippen LogP) is 0.473. The number of amides is 2. The molecule has 5 heteroatoms. The molecule has 1 atom stereocenters. The standard InChI is InChI=1S/C13H19N3O2/c1-2-16-10-11(9-12(16)17)13(18)14-5-8-15-6-3-4-7-15/h3-4,6-7,11H,2,5,8-10H2,1H3,(H,14,18)/t11-/m1/s1. The summed E-state index contributed by atoms with van der Waals surface area (Å²) in [5.41, 5.74) is 0. The van der Waals surface area contributed by atoms with Crippen molar-refractivity contribution in [1.29, 1.82) is 0 Å². The normalized spacial score (nSPS) is 19.3. The second-order valence-corrected chi connectivity index (χ2v) is 4.55. The number of hydrogen-bond donors (Lipinski definition) is 1. The van der Waals surface area contributed by atoms with E-state index in [4.69, 9.17) is 0 Å². The van der Waals surface area contributed by atoms with Crippen LogP contribution < -0.4 is 5.32 Å². The summed E-state index contributed by atoms with van der Waals surface area (Å²) < 4.78 is 2.01. The lowest BCUT2D eigenvalue weighted by Gasteiger charge is -2.13. The fourth-order valence-electron chi connectivity index (χ4n) is 2.23. The van der Waals surface area contributed by atoms with Gasteiger partial charge in [0.25, 0.3) is 0 Å². The number of carbonyl (C=O) groups excluding carboxylic acids is 2. The molecule has 5 nitrogen and oxygen atoms in total. The van der Waals surface area contributed by atoms with E-state index >= 15 is 0 Å². The van der Waals surface area contributed by atoms with Crippen molar-refractivity contribution in [3.63, 3.8) is 0 Å². The Morgan fingerprint density at radius 3 is 2.78 bits per heavy atom. The SMILES string of the molecule is CCN1C[C@H](C(=O)NCCn2cccc2)CC1=O. The molecular formula is C13H19N3O2. The summed E-state index contributed by atoms with van der Waals surface area (Å²) in [6, 6.07) is 3.91. The van der Waals surface area contributed by atoms with E-state index in [0.29, 0.717) is 26.1 Å². The third-order valence-corrected chi connectivity index (χ3v) is 3.30. The van der Waals surface area contributed by atoms with Gasteiger partial charge in [-0.1, -0.05) is 0 Å². The maximum Gasteiger partial charge on any atom is 0.225 e. The maximum atomic E-state index is 11.9. The Kier molecular flexibility index (Phi) is 4.02. The Bertz CT molecular complexity index is 414. The van der Waals surface area contributed by atoms with E-state index in [9.17, 15) is 9.59 Å². The van der Waals surface area contributed by atoms with Gasteiger partial charge in [-0.2, -0.15) is 0 Å². The molecule has 0 aliphatic carbocycles. The van der Waals surface area contributed by atoms with Crippen molar-refractivity contribution < 1.29 is 9.59 Å². The molecule has 0 radical (unpaired) electrons. The molecule has 1 saturated heterocycles. The monoisotopic (exact) mass is 249 g/mol. The van der Waals surface area contributed by atoms with Crippen molar-refractivity contribution in [3.8, 4) is 0 Å². The van der Waals surface area contributed by atoms with E-state index < -0.39 is 0 Å². The zero-order chi connectivity index (χ0) is 13.0. The van der Waals surface area contributed by atoms with Crippen LogP contribution in [0.3, 0.4) is 0 Å². The molecule has 18 heavy (non-hydrogen) atoms. The van der Waals surface area contributed by atoms with Gasteiger partial charge < -0.3 is 14.8 Å². The molecule has 0 bridgehead atoms. The van der Waals surface area contributed by atoms with Gasteiger partial charge in [-0.05, 0) is 19.1 Å². The Labute approximate surface area is 107 Å². The van der Waals surface area contributed by atoms with Crippen LogP contribution in [0.15, 0.2) is 24.5 Å². The summed E-state index contributed by atoms with van der Waals surface area (Å²) >= 11 is 0. The summed E-state index contributed by atoms with van der Waals surface area (Å²) in [6.45, 7) is 4.54. The van der Waals surface area contributed by atoms with Gasteiger partial charge in [-0.25, -0.2) is 0 Å². The molecular weight excluding hydrogens is 230 g/mol. The molecule has 1 aliphatic rings. The van der Waals surface area contributed by atoms with Crippen LogP contribution in [0.5, 0.6) is 0 Å². The number of aromatic nitrogens is 1. The summed E-state index contributed by atoms with van der Waals surface area (Å²) in [5, 5.41) is 2.89. The highest BCUT2D eigenvalue weighted by Crippen LogP contribution is 2.17. The van der Waals surface area contributed by atoms with Crippen LogP contribution in [-0.2, 0) is 16.1 Å². The van der Waals surface area contributed by atoms with Crippen molar-refractivity contribution in [3.05, 3.63) is 24.5 Å². The molecule has 1 fully saturated rings. The largest absolute Gasteiger partial charge is 0.354 e. The fourth-order valence-corrected chi connectivity index (χ4v) is 2.23. The first-order valence-electron chi connectivity index (χ1n) is 6.37. The fraction of sp³-hybridized carbons (Fsp3) is 0.538. The summed E-state index contributed by atoms with van der Waals surface area (Å²) in [4.78, 5) is 25.1. The highest BCUT2D eigenvalue weighted by Gasteiger charge is 2.32. The summed E-state index contributed by atoms with van der Waals surface area (Å²) in [6.07, 6.45) is 4.28. The molecule has 0 aromatic carbocycles. The van der Waals surface area contributed by atoms with E-state index in [1.165, 1.54) is 0 Å². The Hall–Kier alpha value is -1.78. The van der Waals surface area contributed by atoms with Gasteiger partial charge in [0.15, 0.2) is 0 Å². The molecule has 1 N–H and O–H groups in total. The van der Waals surface area contributed by atoms with Crippen LogP contribution in [0.1, 0.15) is 13.3 Å². The summed E-state index contributed by atoms with van der Waals surface area (Å²) in [5.74, 6) is -0.100. The number of carbonyl (C=O) groups is 2. The highest BCUT2D eigenvalue weighted by atomic mass is 16.2. The minimum absolute atomic E-state index is 0.00791. The molecule has 1 aromatic rings. The van der Waals surface area contributed by atoms with Gasteiger partial charge in [0.2, 0.25) is 11.8 Å². The van der Waals surface area contributed by atoms with Gasteiger partial charge in [-0.3, -0.25) is 9.59 Å². The van der Waals surface area contributed by atoms with Crippen molar-refractivity contribution >= 4 is 11.8 Å². The first-order valence-corrected chi connectivity index (χ1v) is 6.37. The molecule has 2 rings (SSSR count). The average Bonchev–Trinajstić information content (AvgIpc) is 2.98. The van der Waals surface area contributed by atoms with Crippen molar-refractivity contribution in [2.24, 2.45) is 5.92 Å². The average molecular weight is 249 g/mol. The molecule has 0 spiro atoms. The highest BCUT2D eigenvalue weighted by molar-refractivity contribution is 5.89. The summed E-state index contributed by atoms with van der Waals surface area (Å²) in [7, 11) is 0. The van der Waals surface area contributed by atoms with E-state index in [-0.39, 0.29) is 17.7 Å². The molecule has 0 saturated carbocycles. The minimum atomic E-state index is -0.179. The number of hydrogen-bond acceptors (Lipinski definition) is 2. The van der Waals surface area contributed by atoms with Crippen molar-refractivity contribution in [2.45, 2.75) is 19.9 Å². The van der Waals surface area contributed by atoms with Crippen LogP contribution in [0.2, 0.25) is 0 Å². The predicted molar refractivity (Wildman–Crippen MR) is 67.8 cm³/mol. The van der Waals surface area contributed by atoms with Crippen molar-refractivity contribution in [2.75, 3.05) is 19.6 Å².